The zero-order chi connectivity index (χ0) is 18.7. The van der Waals surface area contributed by atoms with Gasteiger partial charge in [0.15, 0.2) is 9.84 Å². The standard InChI is InChI=1S/C19H19N3O3S/c1-3-26(24,25)17-11-9-15(10-12-17)19(23)20-18-13-14(2)21-22(18)16-7-5-4-6-8-16/h4-13H,3H2,1-2H3,(H,20,23). The third-order valence-electron chi connectivity index (χ3n) is 3.93. The minimum absolute atomic E-state index is 0.0219. The van der Waals surface area contributed by atoms with Crippen LogP contribution in [0.25, 0.3) is 5.69 Å². The highest BCUT2D eigenvalue weighted by molar-refractivity contribution is 7.91. The second-order valence-corrected chi connectivity index (χ2v) is 8.08. The molecule has 0 saturated heterocycles. The van der Waals surface area contributed by atoms with Crippen molar-refractivity contribution in [3.05, 3.63) is 71.9 Å². The van der Waals surface area contributed by atoms with Crippen LogP contribution in [0.15, 0.2) is 65.6 Å². The molecule has 7 heteroatoms. The van der Waals surface area contributed by atoms with Crippen molar-refractivity contribution in [3.8, 4) is 5.69 Å². The van der Waals surface area contributed by atoms with E-state index in [1.807, 2.05) is 37.3 Å². The Kier molecular flexibility index (Phi) is 4.90. The summed E-state index contributed by atoms with van der Waals surface area (Å²) in [6.07, 6.45) is 0. The van der Waals surface area contributed by atoms with Crippen molar-refractivity contribution in [1.29, 1.82) is 0 Å². The van der Waals surface area contributed by atoms with Gasteiger partial charge in [-0.1, -0.05) is 25.1 Å². The number of sulfone groups is 1. The van der Waals surface area contributed by atoms with E-state index in [-0.39, 0.29) is 16.6 Å². The van der Waals surface area contributed by atoms with Gasteiger partial charge in [0.05, 0.1) is 22.0 Å². The molecule has 26 heavy (non-hydrogen) atoms. The van der Waals surface area contributed by atoms with Gasteiger partial charge in [0.2, 0.25) is 0 Å². The minimum atomic E-state index is -3.28. The number of nitrogens with one attached hydrogen (secondary N) is 1. The highest BCUT2D eigenvalue weighted by Crippen LogP contribution is 2.18. The number of amides is 1. The number of carbonyl (C=O) groups excluding carboxylic acids is 1. The summed E-state index contributed by atoms with van der Waals surface area (Å²) in [7, 11) is -3.28. The summed E-state index contributed by atoms with van der Waals surface area (Å²) >= 11 is 0. The number of hydrogen-bond donors (Lipinski definition) is 1. The molecular formula is C19H19N3O3S. The lowest BCUT2D eigenvalue weighted by Crippen LogP contribution is -2.15. The van der Waals surface area contributed by atoms with E-state index >= 15 is 0 Å². The fourth-order valence-electron chi connectivity index (χ4n) is 2.52. The lowest BCUT2D eigenvalue weighted by atomic mass is 10.2. The fourth-order valence-corrected chi connectivity index (χ4v) is 3.41. The van der Waals surface area contributed by atoms with E-state index in [2.05, 4.69) is 10.4 Å². The second-order valence-electron chi connectivity index (χ2n) is 5.80. The van der Waals surface area contributed by atoms with E-state index < -0.39 is 9.84 Å². The minimum Gasteiger partial charge on any atom is -0.306 e. The predicted octanol–water partition coefficient (Wildman–Crippen LogP) is 3.23. The quantitative estimate of drug-likeness (QED) is 0.749. The average Bonchev–Trinajstić information content (AvgIpc) is 3.02. The van der Waals surface area contributed by atoms with Crippen LogP contribution in [0, 0.1) is 6.92 Å². The molecular weight excluding hydrogens is 350 g/mol. The van der Waals surface area contributed by atoms with Crippen molar-refractivity contribution < 1.29 is 13.2 Å². The molecule has 0 saturated carbocycles. The molecule has 6 nitrogen and oxygen atoms in total. The van der Waals surface area contributed by atoms with E-state index in [1.54, 1.807) is 17.7 Å². The van der Waals surface area contributed by atoms with Crippen LogP contribution < -0.4 is 5.32 Å². The largest absolute Gasteiger partial charge is 0.306 e. The SMILES string of the molecule is CCS(=O)(=O)c1ccc(C(=O)Nc2cc(C)nn2-c2ccccc2)cc1. The molecule has 0 aliphatic carbocycles. The Morgan fingerprint density at radius 2 is 1.73 bits per heavy atom. The second kappa shape index (κ2) is 7.13. The molecule has 0 aliphatic rings. The zero-order valence-corrected chi connectivity index (χ0v) is 15.3. The lowest BCUT2D eigenvalue weighted by Gasteiger charge is -2.09. The molecule has 0 bridgehead atoms. The summed E-state index contributed by atoms with van der Waals surface area (Å²) < 4.78 is 25.4. The van der Waals surface area contributed by atoms with Crippen LogP contribution in [0.2, 0.25) is 0 Å². The number of aryl methyl sites for hydroxylation is 1. The molecule has 1 N–H and O–H groups in total. The lowest BCUT2D eigenvalue weighted by molar-refractivity contribution is 0.102. The molecule has 3 aromatic rings. The zero-order valence-electron chi connectivity index (χ0n) is 14.5. The first-order valence-electron chi connectivity index (χ1n) is 8.17. The Hall–Kier alpha value is -2.93. The van der Waals surface area contributed by atoms with Crippen molar-refractivity contribution in [2.45, 2.75) is 18.7 Å². The summed E-state index contributed by atoms with van der Waals surface area (Å²) in [5.41, 5.74) is 1.98. The van der Waals surface area contributed by atoms with E-state index in [0.717, 1.165) is 11.4 Å². The van der Waals surface area contributed by atoms with E-state index in [9.17, 15) is 13.2 Å². The highest BCUT2D eigenvalue weighted by Gasteiger charge is 2.15. The number of nitrogens with zero attached hydrogens (tertiary/aromatic N) is 2. The van der Waals surface area contributed by atoms with Crippen LogP contribution in [-0.4, -0.2) is 29.9 Å². The Labute approximate surface area is 152 Å². The molecule has 1 heterocycles. The summed E-state index contributed by atoms with van der Waals surface area (Å²) in [6.45, 7) is 3.43. The van der Waals surface area contributed by atoms with Crippen LogP contribution in [0.3, 0.4) is 0 Å². The van der Waals surface area contributed by atoms with Crippen LogP contribution in [0.1, 0.15) is 23.0 Å². The Morgan fingerprint density at radius 3 is 2.35 bits per heavy atom. The average molecular weight is 369 g/mol. The Bertz CT molecular complexity index is 1020. The van der Waals surface area contributed by atoms with Gasteiger partial charge in [-0.25, -0.2) is 13.1 Å². The molecule has 1 amide bonds. The number of para-hydroxylation sites is 1. The predicted molar refractivity (Wildman–Crippen MR) is 100 cm³/mol. The van der Waals surface area contributed by atoms with Crippen molar-refractivity contribution in [3.63, 3.8) is 0 Å². The van der Waals surface area contributed by atoms with Crippen molar-refractivity contribution in [1.82, 2.24) is 9.78 Å². The molecule has 0 spiro atoms. The summed E-state index contributed by atoms with van der Waals surface area (Å²) in [4.78, 5) is 12.7. The van der Waals surface area contributed by atoms with E-state index in [0.29, 0.717) is 11.4 Å². The molecule has 3 rings (SSSR count). The van der Waals surface area contributed by atoms with Crippen LogP contribution in [0.4, 0.5) is 5.82 Å². The van der Waals surface area contributed by atoms with Gasteiger partial charge in [0.1, 0.15) is 5.82 Å². The topological polar surface area (TPSA) is 81.1 Å². The number of anilines is 1. The molecule has 1 aromatic heterocycles. The fraction of sp³-hybridized carbons (Fsp3) is 0.158. The molecule has 0 radical (unpaired) electrons. The van der Waals surface area contributed by atoms with Crippen LogP contribution in [0.5, 0.6) is 0 Å². The maximum absolute atomic E-state index is 12.5. The van der Waals surface area contributed by atoms with E-state index in [1.165, 1.54) is 24.3 Å². The number of benzene rings is 2. The summed E-state index contributed by atoms with van der Waals surface area (Å²) in [6, 6.07) is 17.2. The third kappa shape index (κ3) is 3.67. The van der Waals surface area contributed by atoms with Gasteiger partial charge >= 0.3 is 0 Å². The molecule has 0 unspecified atom stereocenters. The highest BCUT2D eigenvalue weighted by atomic mass is 32.2. The molecule has 0 fully saturated rings. The van der Waals surface area contributed by atoms with E-state index in [4.69, 9.17) is 0 Å². The Balaban J connectivity index is 1.85. The number of rotatable bonds is 5. The normalized spacial score (nSPS) is 11.3. The number of hydrogen-bond acceptors (Lipinski definition) is 4. The third-order valence-corrected chi connectivity index (χ3v) is 5.68. The van der Waals surface area contributed by atoms with Gasteiger partial charge in [-0.05, 0) is 43.3 Å². The summed E-state index contributed by atoms with van der Waals surface area (Å²) in [5, 5.41) is 7.24. The van der Waals surface area contributed by atoms with Gasteiger partial charge < -0.3 is 5.32 Å². The Morgan fingerprint density at radius 1 is 1.08 bits per heavy atom. The smallest absolute Gasteiger partial charge is 0.256 e. The van der Waals surface area contributed by atoms with Gasteiger partial charge in [-0.15, -0.1) is 0 Å². The van der Waals surface area contributed by atoms with Crippen LogP contribution in [-0.2, 0) is 9.84 Å². The molecule has 0 atom stereocenters. The monoisotopic (exact) mass is 369 g/mol. The van der Waals surface area contributed by atoms with Crippen molar-refractivity contribution in [2.24, 2.45) is 0 Å². The first kappa shape index (κ1) is 17.9. The molecule has 0 aliphatic heterocycles. The van der Waals surface area contributed by atoms with Crippen molar-refractivity contribution >= 4 is 21.6 Å². The van der Waals surface area contributed by atoms with Gasteiger partial charge in [-0.2, -0.15) is 5.10 Å². The first-order chi connectivity index (χ1) is 12.4. The molecule has 2 aromatic carbocycles. The maximum Gasteiger partial charge on any atom is 0.256 e. The van der Waals surface area contributed by atoms with Gasteiger partial charge in [-0.3, -0.25) is 4.79 Å². The number of aromatic nitrogens is 2. The molecule has 134 valence electrons. The van der Waals surface area contributed by atoms with Gasteiger partial charge in [0.25, 0.3) is 5.91 Å². The first-order valence-corrected chi connectivity index (χ1v) is 9.82. The maximum atomic E-state index is 12.5. The van der Waals surface area contributed by atoms with Crippen LogP contribution >= 0.6 is 0 Å². The van der Waals surface area contributed by atoms with Crippen molar-refractivity contribution in [2.75, 3.05) is 11.1 Å². The summed E-state index contributed by atoms with van der Waals surface area (Å²) in [5.74, 6) is 0.236. The van der Waals surface area contributed by atoms with Gasteiger partial charge in [0, 0.05) is 11.6 Å². The number of carbonyl (C=O) groups is 1.